The molecule has 5 nitrogen and oxygen atoms in total. The number of hydrogen-bond acceptors (Lipinski definition) is 4. The summed E-state index contributed by atoms with van der Waals surface area (Å²) in [6.07, 6.45) is 1.96. The molecule has 1 aromatic heterocycles. The molecular weight excluding hydrogens is 414 g/mol. The summed E-state index contributed by atoms with van der Waals surface area (Å²) in [5, 5.41) is 0. The van der Waals surface area contributed by atoms with Gasteiger partial charge in [0.1, 0.15) is 11.6 Å². The SMILES string of the molecule is Cl.Cl.Nc1ccc(CN(C(=O)C(N)Cc2ccc(F)cc2)c2ccccc2)cn1. The van der Waals surface area contributed by atoms with Gasteiger partial charge in [-0.3, -0.25) is 4.79 Å². The first-order valence-electron chi connectivity index (χ1n) is 8.60. The molecule has 1 unspecified atom stereocenters. The Balaban J connectivity index is 0.00000210. The van der Waals surface area contributed by atoms with Crippen LogP contribution in [0, 0.1) is 5.82 Å². The van der Waals surface area contributed by atoms with Gasteiger partial charge in [0.2, 0.25) is 5.91 Å². The monoisotopic (exact) mass is 436 g/mol. The minimum absolute atomic E-state index is 0. The standard InChI is InChI=1S/C21H21FN4O.2ClH/c22-17-9-6-15(7-10-17)12-19(23)21(27)26(18-4-2-1-3-5-18)14-16-8-11-20(24)25-13-16;;/h1-11,13,19H,12,14,23H2,(H2,24,25);2*1H. The summed E-state index contributed by atoms with van der Waals surface area (Å²) in [6, 6.07) is 18.1. The molecule has 0 saturated heterocycles. The van der Waals surface area contributed by atoms with E-state index >= 15 is 0 Å². The average molecular weight is 437 g/mol. The van der Waals surface area contributed by atoms with E-state index in [1.54, 1.807) is 29.3 Å². The van der Waals surface area contributed by atoms with Gasteiger partial charge in [0.05, 0.1) is 12.6 Å². The summed E-state index contributed by atoms with van der Waals surface area (Å²) in [5.74, 6) is -0.118. The predicted molar refractivity (Wildman–Crippen MR) is 119 cm³/mol. The molecular formula is C21H23Cl2FN4O. The summed E-state index contributed by atoms with van der Waals surface area (Å²) in [5.41, 5.74) is 14.2. The lowest BCUT2D eigenvalue weighted by Gasteiger charge is -2.26. The number of benzene rings is 2. The second kappa shape index (κ2) is 11.4. The lowest BCUT2D eigenvalue weighted by atomic mass is 10.0. The van der Waals surface area contributed by atoms with E-state index in [1.165, 1.54) is 12.1 Å². The Kier molecular flexibility index (Phi) is 9.55. The third kappa shape index (κ3) is 6.71. The van der Waals surface area contributed by atoms with Crippen molar-refractivity contribution >= 4 is 42.2 Å². The number of halogens is 3. The number of aromatic nitrogens is 1. The summed E-state index contributed by atoms with van der Waals surface area (Å²) < 4.78 is 13.1. The van der Waals surface area contributed by atoms with Crippen molar-refractivity contribution in [3.05, 3.63) is 89.9 Å². The van der Waals surface area contributed by atoms with Gasteiger partial charge in [-0.05, 0) is 47.9 Å². The minimum atomic E-state index is -0.752. The van der Waals surface area contributed by atoms with Gasteiger partial charge in [0.25, 0.3) is 0 Å². The Morgan fingerprint density at radius 3 is 2.17 bits per heavy atom. The smallest absolute Gasteiger partial charge is 0.244 e. The molecule has 3 aromatic rings. The zero-order valence-electron chi connectivity index (χ0n) is 15.6. The van der Waals surface area contributed by atoms with Crippen molar-refractivity contribution in [1.82, 2.24) is 4.98 Å². The molecule has 8 heteroatoms. The molecule has 3 rings (SSSR count). The van der Waals surface area contributed by atoms with Crippen LogP contribution in [0.3, 0.4) is 0 Å². The number of nitrogens with zero attached hydrogens (tertiary/aromatic N) is 2. The van der Waals surface area contributed by atoms with Crippen molar-refractivity contribution in [3.8, 4) is 0 Å². The van der Waals surface area contributed by atoms with Gasteiger partial charge >= 0.3 is 0 Å². The van der Waals surface area contributed by atoms with Crippen LogP contribution in [0.5, 0.6) is 0 Å². The Bertz CT molecular complexity index is 893. The fourth-order valence-electron chi connectivity index (χ4n) is 2.78. The first-order chi connectivity index (χ1) is 13.0. The number of pyridine rings is 1. The number of hydrogen-bond donors (Lipinski definition) is 2. The van der Waals surface area contributed by atoms with Crippen molar-refractivity contribution in [1.29, 1.82) is 0 Å². The average Bonchev–Trinajstić information content (AvgIpc) is 2.69. The maximum Gasteiger partial charge on any atom is 0.244 e. The van der Waals surface area contributed by atoms with E-state index in [2.05, 4.69) is 4.98 Å². The summed E-state index contributed by atoms with van der Waals surface area (Å²) in [4.78, 5) is 18.8. The van der Waals surface area contributed by atoms with Crippen molar-refractivity contribution in [2.45, 2.75) is 19.0 Å². The Labute approximate surface area is 181 Å². The molecule has 154 valence electrons. The third-order valence-corrected chi connectivity index (χ3v) is 4.21. The van der Waals surface area contributed by atoms with E-state index in [1.807, 2.05) is 36.4 Å². The number of anilines is 2. The van der Waals surface area contributed by atoms with Crippen LogP contribution in [0.25, 0.3) is 0 Å². The largest absolute Gasteiger partial charge is 0.384 e. The van der Waals surface area contributed by atoms with Gasteiger partial charge in [-0.2, -0.15) is 0 Å². The third-order valence-electron chi connectivity index (χ3n) is 4.21. The normalized spacial score (nSPS) is 11.0. The van der Waals surface area contributed by atoms with Gasteiger partial charge in [-0.15, -0.1) is 24.8 Å². The molecule has 0 radical (unpaired) electrons. The number of para-hydroxylation sites is 1. The molecule has 0 aliphatic heterocycles. The van der Waals surface area contributed by atoms with E-state index in [-0.39, 0.29) is 36.5 Å². The second-order valence-electron chi connectivity index (χ2n) is 6.29. The summed E-state index contributed by atoms with van der Waals surface area (Å²) in [7, 11) is 0. The van der Waals surface area contributed by atoms with Crippen LogP contribution in [-0.4, -0.2) is 16.9 Å². The van der Waals surface area contributed by atoms with Gasteiger partial charge < -0.3 is 16.4 Å². The lowest BCUT2D eigenvalue weighted by Crippen LogP contribution is -2.44. The number of nitrogens with two attached hydrogens (primary N) is 2. The Morgan fingerprint density at radius 2 is 1.59 bits per heavy atom. The van der Waals surface area contributed by atoms with E-state index in [0.29, 0.717) is 18.8 Å². The van der Waals surface area contributed by atoms with Gasteiger partial charge in [-0.25, -0.2) is 9.37 Å². The molecule has 0 aliphatic carbocycles. The van der Waals surface area contributed by atoms with Gasteiger partial charge in [0.15, 0.2) is 0 Å². The number of rotatable bonds is 6. The van der Waals surface area contributed by atoms with Crippen molar-refractivity contribution in [2.75, 3.05) is 10.6 Å². The highest BCUT2D eigenvalue weighted by molar-refractivity contribution is 5.97. The first-order valence-corrected chi connectivity index (χ1v) is 8.60. The molecule has 0 bridgehead atoms. The maximum absolute atomic E-state index is 13.1. The summed E-state index contributed by atoms with van der Waals surface area (Å²) in [6.45, 7) is 0.327. The van der Waals surface area contributed by atoms with Crippen LogP contribution in [0.15, 0.2) is 72.9 Å². The van der Waals surface area contributed by atoms with E-state index < -0.39 is 6.04 Å². The second-order valence-corrected chi connectivity index (χ2v) is 6.29. The van der Waals surface area contributed by atoms with Gasteiger partial charge in [0, 0.05) is 11.9 Å². The molecule has 1 atom stereocenters. The lowest BCUT2D eigenvalue weighted by molar-refractivity contribution is -0.120. The summed E-state index contributed by atoms with van der Waals surface area (Å²) >= 11 is 0. The molecule has 29 heavy (non-hydrogen) atoms. The minimum Gasteiger partial charge on any atom is -0.384 e. The first kappa shape index (κ1) is 24.4. The predicted octanol–water partition coefficient (Wildman–Crippen LogP) is 3.75. The van der Waals surface area contributed by atoms with Crippen LogP contribution >= 0.6 is 24.8 Å². The highest BCUT2D eigenvalue weighted by atomic mass is 35.5. The molecule has 4 N–H and O–H groups in total. The molecule has 2 aromatic carbocycles. The van der Waals surface area contributed by atoms with Crippen molar-refractivity contribution in [2.24, 2.45) is 5.73 Å². The Morgan fingerprint density at radius 1 is 0.966 bits per heavy atom. The zero-order chi connectivity index (χ0) is 19.2. The van der Waals surface area contributed by atoms with Crippen LogP contribution in [0.2, 0.25) is 0 Å². The quantitative estimate of drug-likeness (QED) is 0.615. The van der Waals surface area contributed by atoms with Crippen LogP contribution in [0.4, 0.5) is 15.9 Å². The highest BCUT2D eigenvalue weighted by Crippen LogP contribution is 2.19. The van der Waals surface area contributed by atoms with Crippen LogP contribution < -0.4 is 16.4 Å². The molecule has 1 heterocycles. The molecule has 1 amide bonds. The fourth-order valence-corrected chi connectivity index (χ4v) is 2.78. The highest BCUT2D eigenvalue weighted by Gasteiger charge is 2.23. The van der Waals surface area contributed by atoms with E-state index in [9.17, 15) is 9.18 Å². The van der Waals surface area contributed by atoms with Gasteiger partial charge in [-0.1, -0.05) is 36.4 Å². The van der Waals surface area contributed by atoms with Crippen molar-refractivity contribution < 1.29 is 9.18 Å². The molecule has 0 saturated carbocycles. The molecule has 0 fully saturated rings. The fraction of sp³-hybridized carbons (Fsp3) is 0.143. The maximum atomic E-state index is 13.1. The topological polar surface area (TPSA) is 85.2 Å². The Hall–Kier alpha value is -2.67. The molecule has 0 spiro atoms. The number of carbonyl (C=O) groups is 1. The zero-order valence-corrected chi connectivity index (χ0v) is 17.2. The van der Waals surface area contributed by atoms with E-state index in [4.69, 9.17) is 11.5 Å². The number of nitrogen functional groups attached to an aromatic ring is 1. The van der Waals surface area contributed by atoms with Crippen LogP contribution in [0.1, 0.15) is 11.1 Å². The van der Waals surface area contributed by atoms with Crippen LogP contribution in [-0.2, 0) is 17.8 Å². The number of carbonyl (C=O) groups excluding carboxylic acids is 1. The number of amides is 1. The molecule has 0 aliphatic rings. The van der Waals surface area contributed by atoms with E-state index in [0.717, 1.165) is 16.8 Å². The van der Waals surface area contributed by atoms with Crippen molar-refractivity contribution in [3.63, 3.8) is 0 Å².